The average Bonchev–Trinajstić information content (AvgIpc) is 3.10. The number of aromatic nitrogens is 1. The maximum Gasteiger partial charge on any atom is 0.134 e. The van der Waals surface area contributed by atoms with Gasteiger partial charge >= 0.3 is 0 Å². The fraction of sp³-hybridized carbons (Fsp3) is 0.0526. The molecule has 0 fully saturated rings. The van der Waals surface area contributed by atoms with Crippen molar-refractivity contribution in [1.82, 2.24) is 4.98 Å². The third-order valence-corrected chi connectivity index (χ3v) is 4.28. The molecule has 0 saturated heterocycles. The number of allylic oxidation sites excluding steroid dienone is 1. The Kier molecular flexibility index (Phi) is 4.69. The van der Waals surface area contributed by atoms with Crippen molar-refractivity contribution >= 4 is 23.0 Å². The Morgan fingerprint density at radius 3 is 2.71 bits per heavy atom. The van der Waals surface area contributed by atoms with Crippen molar-refractivity contribution in [3.05, 3.63) is 70.3 Å². The van der Waals surface area contributed by atoms with Gasteiger partial charge in [0.05, 0.1) is 18.4 Å². The zero-order valence-corrected chi connectivity index (χ0v) is 13.7. The molecule has 0 radical (unpaired) electrons. The van der Waals surface area contributed by atoms with E-state index in [1.807, 2.05) is 29.6 Å². The van der Waals surface area contributed by atoms with Gasteiger partial charge in [-0.2, -0.15) is 5.26 Å². The van der Waals surface area contributed by atoms with Crippen LogP contribution in [0.2, 0.25) is 0 Å². The summed E-state index contributed by atoms with van der Waals surface area (Å²) in [6, 6.07) is 15.8. The van der Waals surface area contributed by atoms with Gasteiger partial charge in [-0.3, -0.25) is 0 Å². The van der Waals surface area contributed by atoms with Crippen LogP contribution in [0.5, 0.6) is 5.75 Å². The van der Waals surface area contributed by atoms with E-state index in [2.05, 4.69) is 11.1 Å². The molecule has 0 saturated carbocycles. The maximum atomic E-state index is 13.3. The van der Waals surface area contributed by atoms with Crippen molar-refractivity contribution in [3.63, 3.8) is 0 Å². The second-order valence-corrected chi connectivity index (χ2v) is 5.85. The number of nitrogens with zero attached hydrogens (tertiary/aromatic N) is 2. The van der Waals surface area contributed by atoms with E-state index in [9.17, 15) is 9.65 Å². The Morgan fingerprint density at radius 2 is 2.04 bits per heavy atom. The maximum absolute atomic E-state index is 13.3. The SMILES string of the molecule is COc1ccc(-c2csc(C(C#N)=Cc3cccc(F)c3)n2)cc1. The van der Waals surface area contributed by atoms with Crippen molar-refractivity contribution in [1.29, 1.82) is 5.26 Å². The van der Waals surface area contributed by atoms with E-state index in [4.69, 9.17) is 4.74 Å². The van der Waals surface area contributed by atoms with E-state index in [1.165, 1.54) is 23.5 Å². The Hall–Kier alpha value is -2.97. The molecule has 1 aromatic heterocycles. The van der Waals surface area contributed by atoms with E-state index in [0.717, 1.165) is 17.0 Å². The Bertz CT molecular complexity index is 923. The number of thiazole rings is 1. The van der Waals surface area contributed by atoms with E-state index < -0.39 is 0 Å². The molecule has 0 unspecified atom stereocenters. The lowest BCUT2D eigenvalue weighted by Gasteiger charge is -2.00. The third kappa shape index (κ3) is 3.50. The highest BCUT2D eigenvalue weighted by atomic mass is 32.1. The molecule has 3 aromatic rings. The highest BCUT2D eigenvalue weighted by Crippen LogP contribution is 2.28. The van der Waals surface area contributed by atoms with Gasteiger partial charge in [0.2, 0.25) is 0 Å². The number of benzene rings is 2. The van der Waals surface area contributed by atoms with E-state index in [0.29, 0.717) is 16.1 Å². The van der Waals surface area contributed by atoms with Gasteiger partial charge in [-0.05, 0) is 48.0 Å². The highest BCUT2D eigenvalue weighted by Gasteiger charge is 2.09. The van der Waals surface area contributed by atoms with Crippen molar-refractivity contribution in [2.24, 2.45) is 0 Å². The van der Waals surface area contributed by atoms with Crippen molar-refractivity contribution in [3.8, 4) is 23.1 Å². The molecule has 0 aliphatic heterocycles. The monoisotopic (exact) mass is 336 g/mol. The van der Waals surface area contributed by atoms with Crippen LogP contribution in [0.15, 0.2) is 53.9 Å². The van der Waals surface area contributed by atoms with Crippen LogP contribution in [-0.4, -0.2) is 12.1 Å². The summed E-state index contributed by atoms with van der Waals surface area (Å²) in [5.74, 6) is 0.442. The Labute approximate surface area is 143 Å². The minimum absolute atomic E-state index is 0.334. The van der Waals surface area contributed by atoms with E-state index in [-0.39, 0.29) is 5.82 Å². The van der Waals surface area contributed by atoms with Crippen LogP contribution in [0, 0.1) is 17.1 Å². The molecule has 5 heteroatoms. The predicted octanol–water partition coefficient (Wildman–Crippen LogP) is 5.02. The summed E-state index contributed by atoms with van der Waals surface area (Å²) in [7, 11) is 1.62. The lowest BCUT2D eigenvalue weighted by Crippen LogP contribution is -1.85. The average molecular weight is 336 g/mol. The molecular weight excluding hydrogens is 323 g/mol. The topological polar surface area (TPSA) is 45.9 Å². The first-order chi connectivity index (χ1) is 11.7. The summed E-state index contributed by atoms with van der Waals surface area (Å²) in [6.45, 7) is 0. The molecule has 0 spiro atoms. The Morgan fingerprint density at radius 1 is 1.25 bits per heavy atom. The van der Waals surface area contributed by atoms with E-state index in [1.54, 1.807) is 25.3 Å². The van der Waals surface area contributed by atoms with Gasteiger partial charge in [0.1, 0.15) is 22.6 Å². The zero-order chi connectivity index (χ0) is 16.9. The van der Waals surface area contributed by atoms with Crippen LogP contribution < -0.4 is 4.74 Å². The lowest BCUT2D eigenvalue weighted by atomic mass is 10.1. The van der Waals surface area contributed by atoms with Gasteiger partial charge < -0.3 is 4.74 Å². The normalized spacial score (nSPS) is 11.1. The lowest BCUT2D eigenvalue weighted by molar-refractivity contribution is 0.415. The van der Waals surface area contributed by atoms with Crippen LogP contribution >= 0.6 is 11.3 Å². The molecule has 1 heterocycles. The van der Waals surface area contributed by atoms with Crippen molar-refractivity contribution in [2.45, 2.75) is 0 Å². The largest absolute Gasteiger partial charge is 0.497 e. The molecule has 0 aliphatic rings. The number of ether oxygens (including phenoxy) is 1. The summed E-state index contributed by atoms with van der Waals surface area (Å²) in [5.41, 5.74) is 2.78. The molecule has 118 valence electrons. The number of hydrogen-bond acceptors (Lipinski definition) is 4. The van der Waals surface area contributed by atoms with Crippen LogP contribution in [0.4, 0.5) is 4.39 Å². The minimum Gasteiger partial charge on any atom is -0.497 e. The number of halogens is 1. The molecule has 0 amide bonds. The standard InChI is InChI=1S/C19H13FN2OS/c1-23-17-7-5-14(6-8-17)18-12-24-19(22-18)15(11-21)9-13-3-2-4-16(20)10-13/h2-10,12H,1H3. The van der Waals surface area contributed by atoms with Gasteiger partial charge in [-0.1, -0.05) is 12.1 Å². The summed E-state index contributed by atoms with van der Waals surface area (Å²) in [6.07, 6.45) is 1.64. The molecule has 2 aromatic carbocycles. The number of methoxy groups -OCH3 is 1. The first kappa shape index (κ1) is 15.9. The summed E-state index contributed by atoms with van der Waals surface area (Å²) < 4.78 is 18.4. The van der Waals surface area contributed by atoms with Gasteiger partial charge in [-0.25, -0.2) is 9.37 Å². The van der Waals surface area contributed by atoms with Crippen LogP contribution in [0.25, 0.3) is 22.9 Å². The smallest absolute Gasteiger partial charge is 0.134 e. The number of hydrogen-bond donors (Lipinski definition) is 0. The van der Waals surface area contributed by atoms with Crippen LogP contribution in [0.1, 0.15) is 10.6 Å². The van der Waals surface area contributed by atoms with Gasteiger partial charge in [0.15, 0.2) is 0 Å². The molecule has 3 rings (SSSR count). The summed E-state index contributed by atoms with van der Waals surface area (Å²) in [4.78, 5) is 4.52. The first-order valence-electron chi connectivity index (χ1n) is 7.17. The van der Waals surface area contributed by atoms with Gasteiger partial charge in [-0.15, -0.1) is 11.3 Å². The zero-order valence-electron chi connectivity index (χ0n) is 12.9. The second kappa shape index (κ2) is 7.07. The first-order valence-corrected chi connectivity index (χ1v) is 8.05. The third-order valence-electron chi connectivity index (χ3n) is 3.40. The molecule has 0 aliphatic carbocycles. The van der Waals surface area contributed by atoms with Crippen molar-refractivity contribution < 1.29 is 9.13 Å². The molecule has 0 atom stereocenters. The van der Waals surface area contributed by atoms with Gasteiger partial charge in [0, 0.05) is 10.9 Å². The Balaban J connectivity index is 1.91. The fourth-order valence-electron chi connectivity index (χ4n) is 2.20. The van der Waals surface area contributed by atoms with Crippen molar-refractivity contribution in [2.75, 3.05) is 7.11 Å². The minimum atomic E-state index is -0.334. The number of rotatable bonds is 4. The molecule has 0 N–H and O–H groups in total. The van der Waals surface area contributed by atoms with Crippen LogP contribution in [0.3, 0.4) is 0 Å². The number of nitriles is 1. The molecule has 24 heavy (non-hydrogen) atoms. The fourth-order valence-corrected chi connectivity index (χ4v) is 2.99. The van der Waals surface area contributed by atoms with Gasteiger partial charge in [0.25, 0.3) is 0 Å². The molecule has 3 nitrogen and oxygen atoms in total. The second-order valence-electron chi connectivity index (χ2n) is 4.99. The van der Waals surface area contributed by atoms with E-state index >= 15 is 0 Å². The van der Waals surface area contributed by atoms with Crippen LogP contribution in [-0.2, 0) is 0 Å². The summed E-state index contributed by atoms with van der Waals surface area (Å²) in [5, 5.41) is 11.9. The predicted molar refractivity (Wildman–Crippen MR) is 94.0 cm³/mol. The highest BCUT2D eigenvalue weighted by molar-refractivity contribution is 7.11. The quantitative estimate of drug-likeness (QED) is 0.628. The molecular formula is C19H13FN2OS. The molecule has 0 bridgehead atoms. The summed E-state index contributed by atoms with van der Waals surface area (Å²) >= 11 is 1.38.